The zero-order valence-corrected chi connectivity index (χ0v) is 9.08. The lowest BCUT2D eigenvalue weighted by atomic mass is 10.2. The maximum absolute atomic E-state index is 11.1. The van der Waals surface area contributed by atoms with Crippen molar-refractivity contribution in [2.45, 2.75) is 18.9 Å². The summed E-state index contributed by atoms with van der Waals surface area (Å²) in [5.41, 5.74) is 5.68. The molecule has 0 heterocycles. The van der Waals surface area contributed by atoms with E-state index in [-0.39, 0.29) is 6.10 Å². The van der Waals surface area contributed by atoms with E-state index in [1.807, 2.05) is 6.07 Å². The van der Waals surface area contributed by atoms with Crippen LogP contribution in [0.3, 0.4) is 0 Å². The number of hydrogen-bond donors (Lipinski definition) is 1. The number of benzene rings is 1. The predicted octanol–water partition coefficient (Wildman–Crippen LogP) is 2.09. The Morgan fingerprint density at radius 3 is 2.79 bits per heavy atom. The van der Waals surface area contributed by atoms with Crippen molar-refractivity contribution in [3.63, 3.8) is 0 Å². The van der Waals surface area contributed by atoms with Gasteiger partial charge in [0.1, 0.15) is 5.75 Å². The third-order valence-corrected chi connectivity index (χ3v) is 2.67. The first kappa shape index (κ1) is 9.52. The van der Waals surface area contributed by atoms with Gasteiger partial charge in [0.2, 0.25) is 0 Å². The van der Waals surface area contributed by atoms with E-state index in [1.54, 1.807) is 12.1 Å². The summed E-state index contributed by atoms with van der Waals surface area (Å²) in [5, 5.41) is 0. The molecule has 2 N–H and O–H groups in total. The van der Waals surface area contributed by atoms with Gasteiger partial charge in [-0.15, -0.1) is 0 Å². The van der Waals surface area contributed by atoms with E-state index in [0.29, 0.717) is 11.3 Å². The van der Waals surface area contributed by atoms with Gasteiger partial charge in [-0.3, -0.25) is 4.79 Å². The van der Waals surface area contributed by atoms with Crippen molar-refractivity contribution in [1.82, 2.24) is 0 Å². The Balaban J connectivity index is 2.36. The summed E-state index contributed by atoms with van der Waals surface area (Å²) < 4.78 is 6.38. The van der Waals surface area contributed by atoms with E-state index in [2.05, 4.69) is 15.9 Å². The molecule has 4 heteroatoms. The minimum atomic E-state index is -0.457. The van der Waals surface area contributed by atoms with Crippen molar-refractivity contribution < 1.29 is 9.53 Å². The number of carbonyl (C=O) groups is 1. The highest BCUT2D eigenvalue weighted by atomic mass is 79.9. The molecule has 0 saturated heterocycles. The zero-order chi connectivity index (χ0) is 10.1. The van der Waals surface area contributed by atoms with Gasteiger partial charge < -0.3 is 10.5 Å². The van der Waals surface area contributed by atoms with Crippen LogP contribution < -0.4 is 10.5 Å². The second kappa shape index (κ2) is 3.61. The number of hydrogen-bond acceptors (Lipinski definition) is 2. The van der Waals surface area contributed by atoms with Gasteiger partial charge in [0, 0.05) is 0 Å². The second-order valence-corrected chi connectivity index (χ2v) is 4.15. The highest BCUT2D eigenvalue weighted by Crippen LogP contribution is 2.34. The zero-order valence-electron chi connectivity index (χ0n) is 7.50. The SMILES string of the molecule is NC(=O)c1cccc(Br)c1OC1CC1. The normalized spacial score (nSPS) is 15.2. The molecule has 1 saturated carbocycles. The van der Waals surface area contributed by atoms with Gasteiger partial charge >= 0.3 is 0 Å². The Kier molecular flexibility index (Phi) is 2.46. The van der Waals surface area contributed by atoms with Gasteiger partial charge in [-0.1, -0.05) is 6.07 Å². The fourth-order valence-corrected chi connectivity index (χ4v) is 1.63. The molecule has 1 aromatic carbocycles. The van der Waals surface area contributed by atoms with Crippen LogP contribution in [0.15, 0.2) is 22.7 Å². The van der Waals surface area contributed by atoms with Crippen LogP contribution in [-0.4, -0.2) is 12.0 Å². The topological polar surface area (TPSA) is 52.3 Å². The van der Waals surface area contributed by atoms with E-state index in [9.17, 15) is 4.79 Å². The van der Waals surface area contributed by atoms with Crippen molar-refractivity contribution in [2.75, 3.05) is 0 Å². The Bertz CT molecular complexity index is 374. The number of ether oxygens (including phenoxy) is 1. The van der Waals surface area contributed by atoms with Crippen LogP contribution >= 0.6 is 15.9 Å². The van der Waals surface area contributed by atoms with Gasteiger partial charge in [0.15, 0.2) is 0 Å². The summed E-state index contributed by atoms with van der Waals surface area (Å²) in [6.07, 6.45) is 2.37. The molecule has 0 aromatic heterocycles. The van der Waals surface area contributed by atoms with E-state index in [0.717, 1.165) is 17.3 Å². The summed E-state index contributed by atoms with van der Waals surface area (Å²) in [7, 11) is 0. The Morgan fingerprint density at radius 2 is 2.21 bits per heavy atom. The first-order valence-corrected chi connectivity index (χ1v) is 5.23. The van der Waals surface area contributed by atoms with E-state index < -0.39 is 5.91 Å². The molecule has 0 radical (unpaired) electrons. The molecular weight excluding hydrogens is 246 g/mol. The van der Waals surface area contributed by atoms with Gasteiger partial charge in [0.25, 0.3) is 5.91 Å². The Labute approximate surface area is 90.4 Å². The summed E-state index contributed by atoms with van der Waals surface area (Å²) in [5.74, 6) is 0.115. The number of rotatable bonds is 3. The monoisotopic (exact) mass is 255 g/mol. The first-order chi connectivity index (χ1) is 6.68. The lowest BCUT2D eigenvalue weighted by molar-refractivity contribution is 0.0996. The highest BCUT2D eigenvalue weighted by molar-refractivity contribution is 9.10. The van der Waals surface area contributed by atoms with Crippen LogP contribution in [0.2, 0.25) is 0 Å². The van der Waals surface area contributed by atoms with Crippen LogP contribution in [-0.2, 0) is 0 Å². The van der Waals surface area contributed by atoms with E-state index >= 15 is 0 Å². The lowest BCUT2D eigenvalue weighted by Gasteiger charge is -2.10. The number of primary amides is 1. The molecule has 1 aliphatic carbocycles. The van der Waals surface area contributed by atoms with Crippen LogP contribution in [0.1, 0.15) is 23.2 Å². The predicted molar refractivity (Wildman–Crippen MR) is 56.3 cm³/mol. The molecule has 2 rings (SSSR count). The van der Waals surface area contributed by atoms with Gasteiger partial charge in [-0.25, -0.2) is 0 Å². The molecular formula is C10H10BrNO2. The quantitative estimate of drug-likeness (QED) is 0.900. The average Bonchev–Trinajstić information content (AvgIpc) is 2.91. The first-order valence-electron chi connectivity index (χ1n) is 4.43. The second-order valence-electron chi connectivity index (χ2n) is 3.30. The maximum atomic E-state index is 11.1. The van der Waals surface area contributed by atoms with Crippen LogP contribution in [0.5, 0.6) is 5.75 Å². The summed E-state index contributed by atoms with van der Waals surface area (Å²) >= 11 is 3.34. The molecule has 1 fully saturated rings. The molecule has 14 heavy (non-hydrogen) atoms. The Morgan fingerprint density at radius 1 is 1.50 bits per heavy atom. The average molecular weight is 256 g/mol. The van der Waals surface area contributed by atoms with Gasteiger partial charge in [-0.2, -0.15) is 0 Å². The Hall–Kier alpha value is -1.03. The smallest absolute Gasteiger partial charge is 0.252 e. The minimum absolute atomic E-state index is 0.256. The number of carbonyl (C=O) groups excluding carboxylic acids is 1. The molecule has 0 unspecified atom stereocenters. The molecule has 1 aliphatic rings. The molecule has 0 spiro atoms. The standard InChI is InChI=1S/C10H10BrNO2/c11-8-3-1-2-7(10(12)13)9(8)14-6-4-5-6/h1-3,6H,4-5H2,(H2,12,13). The summed E-state index contributed by atoms with van der Waals surface area (Å²) in [6, 6.07) is 5.28. The lowest BCUT2D eigenvalue weighted by Crippen LogP contribution is -2.13. The van der Waals surface area contributed by atoms with Gasteiger partial charge in [-0.05, 0) is 40.9 Å². The van der Waals surface area contributed by atoms with Crippen molar-refractivity contribution in [2.24, 2.45) is 5.73 Å². The molecule has 0 aliphatic heterocycles. The number of amides is 1. The number of para-hydroxylation sites is 1. The number of nitrogens with two attached hydrogens (primary N) is 1. The third-order valence-electron chi connectivity index (χ3n) is 2.04. The van der Waals surface area contributed by atoms with Crippen LogP contribution in [0.4, 0.5) is 0 Å². The summed E-state index contributed by atoms with van der Waals surface area (Å²) in [6.45, 7) is 0. The summed E-state index contributed by atoms with van der Waals surface area (Å²) in [4.78, 5) is 11.1. The van der Waals surface area contributed by atoms with Gasteiger partial charge in [0.05, 0.1) is 16.1 Å². The van der Waals surface area contributed by atoms with Crippen molar-refractivity contribution in [3.05, 3.63) is 28.2 Å². The molecule has 74 valence electrons. The van der Waals surface area contributed by atoms with Crippen molar-refractivity contribution in [1.29, 1.82) is 0 Å². The minimum Gasteiger partial charge on any atom is -0.488 e. The van der Waals surface area contributed by atoms with Crippen molar-refractivity contribution in [3.8, 4) is 5.75 Å². The molecule has 0 atom stereocenters. The highest BCUT2D eigenvalue weighted by Gasteiger charge is 2.26. The van der Waals surface area contributed by atoms with E-state index in [4.69, 9.17) is 10.5 Å². The van der Waals surface area contributed by atoms with Crippen LogP contribution in [0.25, 0.3) is 0 Å². The fourth-order valence-electron chi connectivity index (χ4n) is 1.18. The fraction of sp³-hybridized carbons (Fsp3) is 0.300. The largest absolute Gasteiger partial charge is 0.488 e. The molecule has 1 aromatic rings. The number of halogens is 1. The molecule has 3 nitrogen and oxygen atoms in total. The third kappa shape index (κ3) is 1.90. The van der Waals surface area contributed by atoms with Crippen molar-refractivity contribution >= 4 is 21.8 Å². The van der Waals surface area contributed by atoms with E-state index in [1.165, 1.54) is 0 Å². The molecule has 0 bridgehead atoms. The molecule has 1 amide bonds. The van der Waals surface area contributed by atoms with Crippen LogP contribution in [0, 0.1) is 0 Å². The maximum Gasteiger partial charge on any atom is 0.252 e.